The van der Waals surface area contributed by atoms with Gasteiger partial charge in [0.2, 0.25) is 17.7 Å². The molecular weight excluding hydrogens is 749 g/mol. The number of fused-ring (bicyclic) bond motifs is 3. The zero-order valence-corrected chi connectivity index (χ0v) is 33.2. The highest BCUT2D eigenvalue weighted by molar-refractivity contribution is 6.03. The minimum atomic E-state index is -1.84. The van der Waals surface area contributed by atoms with Crippen molar-refractivity contribution in [3.63, 3.8) is 0 Å². The van der Waals surface area contributed by atoms with Crippen LogP contribution in [0.4, 0.5) is 4.79 Å². The molecule has 0 radical (unpaired) electrons. The van der Waals surface area contributed by atoms with Crippen molar-refractivity contribution in [2.45, 2.75) is 56.3 Å². The predicted molar refractivity (Wildman–Crippen MR) is 222 cm³/mol. The maximum atomic E-state index is 14.2. The number of hydrogen-bond acceptors (Lipinski definition) is 8. The minimum Gasteiger partial charge on any atom is -0.480 e. The molecule has 5 N–H and O–H groups in total. The van der Waals surface area contributed by atoms with Crippen molar-refractivity contribution in [2.75, 3.05) is 19.8 Å². The molecule has 304 valence electrons. The first kappa shape index (κ1) is 42.0. The van der Waals surface area contributed by atoms with Gasteiger partial charge in [0.15, 0.2) is 6.04 Å². The number of imide groups is 1. The Morgan fingerprint density at radius 3 is 1.63 bits per heavy atom. The first-order valence-electron chi connectivity index (χ1n) is 19.3. The van der Waals surface area contributed by atoms with Crippen LogP contribution in [0.25, 0.3) is 11.1 Å². The lowest BCUT2D eigenvalue weighted by Gasteiger charge is -2.37. The van der Waals surface area contributed by atoms with Crippen LogP contribution in [0.15, 0.2) is 140 Å². The topological polar surface area (TPSA) is 177 Å². The quantitative estimate of drug-likeness (QED) is 0.0930. The molecule has 5 aromatic carbocycles. The lowest BCUT2D eigenvalue weighted by Crippen LogP contribution is -2.59. The van der Waals surface area contributed by atoms with Gasteiger partial charge >= 0.3 is 12.1 Å². The summed E-state index contributed by atoms with van der Waals surface area (Å²) in [6.45, 7) is 3.64. The van der Waals surface area contributed by atoms with Gasteiger partial charge < -0.3 is 30.9 Å². The normalized spacial score (nSPS) is 13.3. The van der Waals surface area contributed by atoms with E-state index < -0.39 is 72.6 Å². The van der Waals surface area contributed by atoms with E-state index in [1.54, 1.807) is 20.8 Å². The number of ether oxygens (including phenoxy) is 2. The third-order valence-electron chi connectivity index (χ3n) is 10.2. The number of benzene rings is 5. The Bertz CT molecular complexity index is 2140. The lowest BCUT2D eigenvalue weighted by atomic mass is 9.77. The van der Waals surface area contributed by atoms with E-state index in [4.69, 9.17) is 15.2 Å². The van der Waals surface area contributed by atoms with Crippen molar-refractivity contribution >= 4 is 29.8 Å². The Morgan fingerprint density at radius 2 is 1.17 bits per heavy atom. The fraction of sp³-hybridized carbons (Fsp3) is 0.255. The molecule has 0 spiro atoms. The predicted octanol–water partition coefficient (Wildman–Crippen LogP) is 5.97. The largest absolute Gasteiger partial charge is 0.480 e. The Labute approximate surface area is 343 Å². The third kappa shape index (κ3) is 9.57. The van der Waals surface area contributed by atoms with Crippen LogP contribution in [0, 0.1) is 0 Å². The number of carboxylic acid groups (broad SMARTS) is 1. The van der Waals surface area contributed by atoms with Crippen molar-refractivity contribution in [2.24, 2.45) is 5.73 Å². The lowest BCUT2D eigenvalue weighted by molar-refractivity contribution is -0.163. The number of alkyl carbamates (subject to hydrolysis) is 1. The summed E-state index contributed by atoms with van der Waals surface area (Å²) in [6.07, 6.45) is -1.57. The molecule has 0 unspecified atom stereocenters. The Kier molecular flexibility index (Phi) is 13.0. The number of nitrogens with two attached hydrogens (primary N) is 1. The number of hydrogen-bond donors (Lipinski definition) is 4. The van der Waals surface area contributed by atoms with Gasteiger partial charge in [-0.05, 0) is 59.7 Å². The van der Waals surface area contributed by atoms with Crippen LogP contribution in [0.2, 0.25) is 0 Å². The number of nitrogens with zero attached hydrogens (tertiary/aromatic N) is 1. The van der Waals surface area contributed by atoms with Gasteiger partial charge in [-0.15, -0.1) is 0 Å². The van der Waals surface area contributed by atoms with Crippen molar-refractivity contribution in [1.29, 1.82) is 0 Å². The van der Waals surface area contributed by atoms with Gasteiger partial charge in [0.05, 0.1) is 24.7 Å². The molecule has 0 aliphatic heterocycles. The number of nitrogens with one attached hydrogen (secondary N) is 2. The monoisotopic (exact) mass is 796 g/mol. The van der Waals surface area contributed by atoms with E-state index in [-0.39, 0.29) is 12.5 Å². The van der Waals surface area contributed by atoms with Crippen molar-refractivity contribution in [3.05, 3.63) is 167 Å². The average molecular weight is 797 g/mol. The van der Waals surface area contributed by atoms with Crippen LogP contribution in [0.3, 0.4) is 0 Å². The van der Waals surface area contributed by atoms with E-state index in [0.29, 0.717) is 4.90 Å². The number of carboxylic acids is 1. The first-order valence-corrected chi connectivity index (χ1v) is 19.3. The molecule has 2 atom stereocenters. The summed E-state index contributed by atoms with van der Waals surface area (Å²) in [6, 6.07) is 40.0. The second-order valence-corrected chi connectivity index (χ2v) is 15.3. The number of carbonyl (C=O) groups is 5. The van der Waals surface area contributed by atoms with E-state index in [1.807, 2.05) is 140 Å². The number of rotatable bonds is 15. The molecule has 0 fully saturated rings. The number of amides is 4. The smallest absolute Gasteiger partial charge is 0.407 e. The van der Waals surface area contributed by atoms with E-state index in [0.717, 1.165) is 38.9 Å². The number of carbonyl (C=O) groups excluding carboxylic acids is 4. The van der Waals surface area contributed by atoms with Crippen molar-refractivity contribution in [3.8, 4) is 11.1 Å². The standard InChI is InChI=1S/C47H48N4O8/c1-46(2,3)59-30-40(44(55)56)51(42(53)28-49-45(57)58-29-38-36-25-15-13-23-34(36)35-24-14-16-26-37(35)38)43(54)39(48)27-41(52)50-47(31-17-7-4-8-18-31,32-19-9-5-10-20-32)33-21-11-6-12-22-33/h4-26,38-40H,27-30,48H2,1-3H3,(H,49,57)(H,50,52)(H,55,56)/t39-,40-/m0/s1. The van der Waals surface area contributed by atoms with Gasteiger partial charge in [0, 0.05) is 5.92 Å². The third-order valence-corrected chi connectivity index (χ3v) is 10.2. The zero-order chi connectivity index (χ0) is 42.2. The molecule has 0 saturated heterocycles. The molecule has 59 heavy (non-hydrogen) atoms. The summed E-state index contributed by atoms with van der Waals surface area (Å²) in [5.41, 5.74) is 10.6. The van der Waals surface area contributed by atoms with E-state index in [2.05, 4.69) is 10.6 Å². The highest BCUT2D eigenvalue weighted by Crippen LogP contribution is 2.44. The van der Waals surface area contributed by atoms with Gasteiger partial charge in [-0.25, -0.2) is 9.59 Å². The summed E-state index contributed by atoms with van der Waals surface area (Å²) in [5.74, 6) is -4.68. The molecule has 6 rings (SSSR count). The fourth-order valence-corrected chi connectivity index (χ4v) is 7.42. The SMILES string of the molecule is CC(C)(C)OC[C@@H](C(=O)O)N(C(=O)CNC(=O)OCC1c2ccccc2-c2ccccc21)C(=O)[C@@H](N)CC(=O)NC(c1ccccc1)(c1ccccc1)c1ccccc1. The van der Waals surface area contributed by atoms with Crippen molar-refractivity contribution < 1.29 is 38.6 Å². The van der Waals surface area contributed by atoms with E-state index in [9.17, 15) is 29.1 Å². The fourth-order valence-electron chi connectivity index (χ4n) is 7.42. The van der Waals surface area contributed by atoms with Gasteiger partial charge in [0.1, 0.15) is 18.7 Å². The molecule has 5 aromatic rings. The molecule has 1 aliphatic carbocycles. The maximum absolute atomic E-state index is 14.2. The van der Waals surface area contributed by atoms with Crippen LogP contribution in [0.5, 0.6) is 0 Å². The second kappa shape index (κ2) is 18.3. The van der Waals surface area contributed by atoms with Crippen LogP contribution in [0.1, 0.15) is 60.9 Å². The van der Waals surface area contributed by atoms with Crippen LogP contribution in [-0.4, -0.2) is 77.2 Å². The molecule has 4 amide bonds. The van der Waals surface area contributed by atoms with Crippen LogP contribution in [-0.2, 0) is 34.2 Å². The molecule has 0 aromatic heterocycles. The van der Waals surface area contributed by atoms with Crippen LogP contribution >= 0.6 is 0 Å². The van der Waals surface area contributed by atoms with Gasteiger partial charge in [-0.2, -0.15) is 0 Å². The summed E-state index contributed by atoms with van der Waals surface area (Å²) >= 11 is 0. The summed E-state index contributed by atoms with van der Waals surface area (Å²) in [7, 11) is 0. The molecule has 1 aliphatic rings. The molecular formula is C47H48N4O8. The Balaban J connectivity index is 1.21. The van der Waals surface area contributed by atoms with Crippen molar-refractivity contribution in [1.82, 2.24) is 15.5 Å². The second-order valence-electron chi connectivity index (χ2n) is 15.3. The van der Waals surface area contributed by atoms with Crippen LogP contribution < -0.4 is 16.4 Å². The maximum Gasteiger partial charge on any atom is 0.407 e. The summed E-state index contributed by atoms with van der Waals surface area (Å²) < 4.78 is 11.3. The molecule has 0 bridgehead atoms. The van der Waals surface area contributed by atoms with E-state index >= 15 is 0 Å². The molecule has 0 saturated carbocycles. The molecule has 0 heterocycles. The minimum absolute atomic E-state index is 0.0374. The zero-order valence-electron chi connectivity index (χ0n) is 33.2. The Morgan fingerprint density at radius 1 is 0.712 bits per heavy atom. The van der Waals surface area contributed by atoms with Gasteiger partial charge in [-0.3, -0.25) is 19.3 Å². The highest BCUT2D eigenvalue weighted by atomic mass is 16.5. The molecule has 12 nitrogen and oxygen atoms in total. The first-order chi connectivity index (χ1) is 28.3. The Hall–Kier alpha value is -6.63. The number of aliphatic carboxylic acids is 1. The summed E-state index contributed by atoms with van der Waals surface area (Å²) in [4.78, 5) is 68.4. The molecule has 12 heteroatoms. The van der Waals surface area contributed by atoms with Gasteiger partial charge in [0.25, 0.3) is 0 Å². The summed E-state index contributed by atoms with van der Waals surface area (Å²) in [5, 5.41) is 15.8. The van der Waals surface area contributed by atoms with Gasteiger partial charge in [-0.1, -0.05) is 140 Å². The van der Waals surface area contributed by atoms with E-state index in [1.165, 1.54) is 0 Å². The highest BCUT2D eigenvalue weighted by Gasteiger charge is 2.41. The average Bonchev–Trinajstić information content (AvgIpc) is 3.56.